The molecule has 3 aromatic carbocycles. The molecule has 0 heterocycles. The molecule has 0 radical (unpaired) electrons. The molecule has 0 bridgehead atoms. The third-order valence-electron chi connectivity index (χ3n) is 4.76. The monoisotopic (exact) mass is 411 g/mol. The molecule has 3 aromatic rings. The van der Waals surface area contributed by atoms with E-state index in [0.717, 1.165) is 16.9 Å². The number of carbonyl (C=O) groups is 1. The molecule has 156 valence electrons. The van der Waals surface area contributed by atoms with Crippen molar-refractivity contribution >= 4 is 12.1 Å². The van der Waals surface area contributed by atoms with Gasteiger partial charge >= 0.3 is 0 Å². The minimum Gasteiger partial charge on any atom is -0.489 e. The lowest BCUT2D eigenvalue weighted by molar-refractivity contribution is 0.0955. The number of nitrogens with zero attached hydrogens (tertiary/aromatic N) is 2. The summed E-state index contributed by atoms with van der Waals surface area (Å²) in [7, 11) is 0. The fourth-order valence-corrected chi connectivity index (χ4v) is 2.84. The van der Waals surface area contributed by atoms with Gasteiger partial charge in [-0.2, -0.15) is 10.4 Å². The number of hydrogen-bond donors (Lipinski definition) is 1. The molecule has 0 aromatic heterocycles. The third kappa shape index (κ3) is 6.28. The van der Waals surface area contributed by atoms with Crippen LogP contribution >= 0.6 is 0 Å². The van der Waals surface area contributed by atoms with Crippen molar-refractivity contribution in [2.45, 2.75) is 32.8 Å². The van der Waals surface area contributed by atoms with Gasteiger partial charge in [0, 0.05) is 5.56 Å². The molecule has 0 aliphatic carbocycles. The van der Waals surface area contributed by atoms with Crippen LogP contribution < -0.4 is 10.2 Å². The van der Waals surface area contributed by atoms with Crippen LogP contribution in [0.3, 0.4) is 0 Å². The van der Waals surface area contributed by atoms with E-state index >= 15 is 0 Å². The normalized spacial score (nSPS) is 11.2. The van der Waals surface area contributed by atoms with E-state index in [4.69, 9.17) is 10.00 Å². The molecule has 0 aliphatic heterocycles. The number of nitriles is 1. The average molecular weight is 412 g/mol. The number of nitrogens with one attached hydrogen (secondary N) is 1. The Morgan fingerprint density at radius 1 is 1.00 bits per heavy atom. The van der Waals surface area contributed by atoms with E-state index in [1.807, 2.05) is 24.3 Å². The molecular weight excluding hydrogens is 386 g/mol. The van der Waals surface area contributed by atoms with E-state index in [1.165, 1.54) is 11.8 Å². The van der Waals surface area contributed by atoms with Crippen LogP contribution in [-0.4, -0.2) is 12.1 Å². The Morgan fingerprint density at radius 3 is 2.23 bits per heavy atom. The summed E-state index contributed by atoms with van der Waals surface area (Å²) < 4.78 is 5.85. The van der Waals surface area contributed by atoms with Crippen molar-refractivity contribution in [2.24, 2.45) is 5.10 Å². The van der Waals surface area contributed by atoms with E-state index in [2.05, 4.69) is 49.5 Å². The second kappa shape index (κ2) is 9.73. The van der Waals surface area contributed by atoms with E-state index in [0.29, 0.717) is 17.7 Å². The average Bonchev–Trinajstić information content (AvgIpc) is 2.78. The number of rotatable bonds is 6. The van der Waals surface area contributed by atoms with Crippen molar-refractivity contribution in [1.29, 1.82) is 5.26 Å². The third-order valence-corrected chi connectivity index (χ3v) is 4.76. The number of hydrogen-bond acceptors (Lipinski definition) is 4. The Balaban J connectivity index is 1.51. The van der Waals surface area contributed by atoms with Crippen LogP contribution in [0.1, 0.15) is 53.4 Å². The second-order valence-electron chi connectivity index (χ2n) is 8.19. The maximum Gasteiger partial charge on any atom is 0.271 e. The van der Waals surface area contributed by atoms with Crippen LogP contribution in [0.5, 0.6) is 5.75 Å². The zero-order valence-corrected chi connectivity index (χ0v) is 17.9. The summed E-state index contributed by atoms with van der Waals surface area (Å²) in [6, 6.07) is 24.3. The zero-order chi connectivity index (χ0) is 22.3. The first-order valence-electron chi connectivity index (χ1n) is 10.0. The minimum atomic E-state index is -0.296. The molecule has 5 nitrogen and oxygen atoms in total. The summed E-state index contributed by atoms with van der Waals surface area (Å²) in [5.74, 6) is 0.516. The quantitative estimate of drug-likeness (QED) is 0.448. The Bertz CT molecular complexity index is 1090. The van der Waals surface area contributed by atoms with Crippen molar-refractivity contribution in [3.8, 4) is 11.8 Å². The molecule has 0 spiro atoms. The molecule has 3 rings (SSSR count). The Labute approximate surface area is 183 Å². The van der Waals surface area contributed by atoms with Crippen molar-refractivity contribution < 1.29 is 9.53 Å². The number of carbonyl (C=O) groups excluding carboxylic acids is 1. The summed E-state index contributed by atoms with van der Waals surface area (Å²) in [4.78, 5) is 12.2. The Morgan fingerprint density at radius 2 is 1.65 bits per heavy atom. The van der Waals surface area contributed by atoms with Gasteiger partial charge in [-0.3, -0.25) is 4.79 Å². The van der Waals surface area contributed by atoms with Crippen LogP contribution in [0.15, 0.2) is 77.9 Å². The number of ether oxygens (including phenoxy) is 1. The summed E-state index contributed by atoms with van der Waals surface area (Å²) in [6.45, 7) is 6.96. The lowest BCUT2D eigenvalue weighted by Gasteiger charge is -2.19. The summed E-state index contributed by atoms with van der Waals surface area (Å²) >= 11 is 0. The van der Waals surface area contributed by atoms with Crippen LogP contribution in [0.4, 0.5) is 0 Å². The predicted molar refractivity (Wildman–Crippen MR) is 122 cm³/mol. The molecule has 0 saturated carbocycles. The summed E-state index contributed by atoms with van der Waals surface area (Å²) in [6.07, 6.45) is 1.53. The lowest BCUT2D eigenvalue weighted by Crippen LogP contribution is -2.17. The predicted octanol–water partition coefficient (Wildman–Crippen LogP) is 5.20. The SMILES string of the molecule is CC(C)(C)c1ccc(OCc2ccc(C(=O)N/N=C\c3ccc(C#N)cc3)cc2)cc1. The standard InChI is InChI=1S/C26H25N3O2/c1-26(2,3)23-12-14-24(15-13-23)31-18-21-8-10-22(11-9-21)25(30)29-28-17-20-6-4-19(16-27)5-7-20/h4-15,17H,18H2,1-3H3,(H,29,30)/b28-17-. The minimum absolute atomic E-state index is 0.112. The van der Waals surface area contributed by atoms with Crippen LogP contribution in [0.2, 0.25) is 0 Å². The molecule has 0 atom stereocenters. The molecule has 5 heteroatoms. The van der Waals surface area contributed by atoms with Gasteiger partial charge in [0.1, 0.15) is 12.4 Å². The highest BCUT2D eigenvalue weighted by Crippen LogP contribution is 2.24. The molecular formula is C26H25N3O2. The number of benzene rings is 3. The van der Waals surface area contributed by atoms with Gasteiger partial charge in [0.05, 0.1) is 17.8 Å². The summed E-state index contributed by atoms with van der Waals surface area (Å²) in [5, 5.41) is 12.8. The Kier molecular flexibility index (Phi) is 6.84. The van der Waals surface area contributed by atoms with E-state index in [-0.39, 0.29) is 11.3 Å². The first kappa shape index (κ1) is 21.8. The molecule has 1 amide bonds. The largest absolute Gasteiger partial charge is 0.489 e. The summed E-state index contributed by atoms with van der Waals surface area (Å²) in [5.41, 5.74) is 6.73. The van der Waals surface area contributed by atoms with Gasteiger partial charge < -0.3 is 4.74 Å². The van der Waals surface area contributed by atoms with Gasteiger partial charge in [-0.05, 0) is 58.5 Å². The number of amides is 1. The van der Waals surface area contributed by atoms with Gasteiger partial charge in [-0.15, -0.1) is 0 Å². The topological polar surface area (TPSA) is 74.5 Å². The maximum atomic E-state index is 12.2. The molecule has 0 fully saturated rings. The van der Waals surface area contributed by atoms with Gasteiger partial charge in [0.15, 0.2) is 0 Å². The van der Waals surface area contributed by atoms with Crippen molar-refractivity contribution in [2.75, 3.05) is 0 Å². The lowest BCUT2D eigenvalue weighted by atomic mass is 9.87. The molecule has 0 unspecified atom stereocenters. The van der Waals surface area contributed by atoms with Crippen LogP contribution in [0.25, 0.3) is 0 Å². The first-order chi connectivity index (χ1) is 14.8. The van der Waals surface area contributed by atoms with Gasteiger partial charge in [-0.1, -0.05) is 57.2 Å². The van der Waals surface area contributed by atoms with Crippen LogP contribution in [0, 0.1) is 11.3 Å². The Hall–Kier alpha value is -3.91. The maximum absolute atomic E-state index is 12.2. The van der Waals surface area contributed by atoms with E-state index in [1.54, 1.807) is 36.4 Å². The van der Waals surface area contributed by atoms with Gasteiger partial charge in [-0.25, -0.2) is 5.43 Å². The molecule has 0 aliphatic rings. The van der Waals surface area contributed by atoms with Gasteiger partial charge in [0.25, 0.3) is 5.91 Å². The molecule has 31 heavy (non-hydrogen) atoms. The highest BCUT2D eigenvalue weighted by Gasteiger charge is 2.13. The first-order valence-corrected chi connectivity index (χ1v) is 10.0. The van der Waals surface area contributed by atoms with E-state index < -0.39 is 0 Å². The molecule has 0 saturated heterocycles. The van der Waals surface area contributed by atoms with Crippen molar-refractivity contribution in [3.05, 3.63) is 101 Å². The molecule has 1 N–H and O–H groups in total. The van der Waals surface area contributed by atoms with Crippen molar-refractivity contribution in [3.63, 3.8) is 0 Å². The number of hydrazone groups is 1. The second-order valence-corrected chi connectivity index (χ2v) is 8.19. The van der Waals surface area contributed by atoms with Gasteiger partial charge in [0.2, 0.25) is 0 Å². The van der Waals surface area contributed by atoms with E-state index in [9.17, 15) is 4.79 Å². The zero-order valence-electron chi connectivity index (χ0n) is 17.9. The van der Waals surface area contributed by atoms with Crippen molar-refractivity contribution in [1.82, 2.24) is 5.43 Å². The van der Waals surface area contributed by atoms with Crippen LogP contribution in [-0.2, 0) is 12.0 Å². The highest BCUT2D eigenvalue weighted by atomic mass is 16.5. The smallest absolute Gasteiger partial charge is 0.271 e. The fourth-order valence-electron chi connectivity index (χ4n) is 2.84. The fraction of sp³-hybridized carbons (Fsp3) is 0.192. The highest BCUT2D eigenvalue weighted by molar-refractivity contribution is 5.94.